The number of halogens is 1. The zero-order chi connectivity index (χ0) is 13.2. The Morgan fingerprint density at radius 2 is 1.79 bits per heavy atom. The van der Waals surface area contributed by atoms with Crippen LogP contribution < -0.4 is 4.90 Å². The third-order valence-electron chi connectivity index (χ3n) is 2.95. The van der Waals surface area contributed by atoms with Gasteiger partial charge < -0.3 is 4.90 Å². The predicted octanol–water partition coefficient (Wildman–Crippen LogP) is 4.91. The van der Waals surface area contributed by atoms with E-state index in [9.17, 15) is 0 Å². The quantitative estimate of drug-likeness (QED) is 0.692. The summed E-state index contributed by atoms with van der Waals surface area (Å²) in [4.78, 5) is 7.33. The van der Waals surface area contributed by atoms with Gasteiger partial charge in [0, 0.05) is 23.3 Å². The molecule has 19 heavy (non-hydrogen) atoms. The lowest BCUT2D eigenvalue weighted by Crippen LogP contribution is -2.23. The fraction of sp³-hybridized carbons (Fsp3) is 0.0667. The molecular formula is C15H11ClN2S. The van der Waals surface area contributed by atoms with Crippen LogP contribution >= 0.6 is 23.8 Å². The number of fused-ring (bicyclic) bond motifs is 1. The largest absolute Gasteiger partial charge is 0.302 e. The molecule has 1 heterocycles. The standard InChI is InChI=1S/C15H11ClN2S/c16-11-5-7-12(8-6-11)18-14-4-2-1-3-13(14)17-10-9-15(18)19/h1-8,10H,9H2. The smallest absolute Gasteiger partial charge is 0.0924 e. The highest BCUT2D eigenvalue weighted by Crippen LogP contribution is 2.36. The number of nitrogens with zero attached hydrogens (tertiary/aromatic N) is 2. The summed E-state index contributed by atoms with van der Waals surface area (Å²) in [6, 6.07) is 15.7. The summed E-state index contributed by atoms with van der Waals surface area (Å²) < 4.78 is 0. The van der Waals surface area contributed by atoms with Gasteiger partial charge in [0.15, 0.2) is 0 Å². The summed E-state index contributed by atoms with van der Waals surface area (Å²) in [5.74, 6) is 0. The van der Waals surface area contributed by atoms with Crippen molar-refractivity contribution < 1.29 is 0 Å². The molecule has 0 radical (unpaired) electrons. The van der Waals surface area contributed by atoms with Crippen molar-refractivity contribution in [1.29, 1.82) is 0 Å². The molecule has 0 aromatic heterocycles. The van der Waals surface area contributed by atoms with E-state index in [1.54, 1.807) is 0 Å². The van der Waals surface area contributed by atoms with Crippen LogP contribution in [0.1, 0.15) is 6.42 Å². The lowest BCUT2D eigenvalue weighted by atomic mass is 10.2. The summed E-state index contributed by atoms with van der Waals surface area (Å²) in [7, 11) is 0. The molecule has 1 aliphatic rings. The van der Waals surface area contributed by atoms with E-state index < -0.39 is 0 Å². The van der Waals surface area contributed by atoms with Crippen LogP contribution in [0, 0.1) is 0 Å². The highest BCUT2D eigenvalue weighted by molar-refractivity contribution is 7.80. The number of hydrogen-bond donors (Lipinski definition) is 0. The molecule has 0 unspecified atom stereocenters. The van der Waals surface area contributed by atoms with Gasteiger partial charge in [0.2, 0.25) is 0 Å². The van der Waals surface area contributed by atoms with Crippen LogP contribution in [-0.4, -0.2) is 11.2 Å². The zero-order valence-electron chi connectivity index (χ0n) is 10.1. The Kier molecular flexibility index (Phi) is 3.32. The van der Waals surface area contributed by atoms with Gasteiger partial charge in [-0.25, -0.2) is 0 Å². The fourth-order valence-corrected chi connectivity index (χ4v) is 2.49. The van der Waals surface area contributed by atoms with Crippen molar-refractivity contribution >= 4 is 52.1 Å². The first-order valence-corrected chi connectivity index (χ1v) is 6.74. The van der Waals surface area contributed by atoms with Gasteiger partial charge in [-0.05, 0) is 36.4 Å². The molecular weight excluding hydrogens is 276 g/mol. The first kappa shape index (κ1) is 12.3. The molecule has 3 rings (SSSR count). The van der Waals surface area contributed by atoms with Gasteiger partial charge in [-0.2, -0.15) is 0 Å². The first-order valence-electron chi connectivity index (χ1n) is 5.96. The first-order chi connectivity index (χ1) is 9.25. The van der Waals surface area contributed by atoms with E-state index >= 15 is 0 Å². The Morgan fingerprint density at radius 1 is 1.05 bits per heavy atom. The molecule has 0 spiro atoms. The van der Waals surface area contributed by atoms with Crippen molar-refractivity contribution in [2.24, 2.45) is 4.99 Å². The van der Waals surface area contributed by atoms with Crippen LogP contribution in [0.4, 0.5) is 17.1 Å². The van der Waals surface area contributed by atoms with Crippen LogP contribution in [0.5, 0.6) is 0 Å². The number of rotatable bonds is 1. The normalized spacial score (nSPS) is 14.2. The van der Waals surface area contributed by atoms with E-state index in [1.807, 2.05) is 59.6 Å². The number of aliphatic imine (C=N–C) groups is 1. The highest BCUT2D eigenvalue weighted by atomic mass is 35.5. The highest BCUT2D eigenvalue weighted by Gasteiger charge is 2.18. The predicted molar refractivity (Wildman–Crippen MR) is 85.4 cm³/mol. The van der Waals surface area contributed by atoms with Crippen molar-refractivity contribution in [1.82, 2.24) is 0 Å². The third-order valence-corrected chi connectivity index (χ3v) is 3.55. The minimum Gasteiger partial charge on any atom is -0.302 e. The fourth-order valence-electron chi connectivity index (χ4n) is 2.08. The molecule has 94 valence electrons. The Labute approximate surface area is 122 Å². The SMILES string of the molecule is S=C1CC=Nc2ccccc2N1c1ccc(Cl)cc1. The summed E-state index contributed by atoms with van der Waals surface area (Å²) in [5, 5.41) is 0.717. The number of thiocarbonyl (C=S) groups is 1. The lowest BCUT2D eigenvalue weighted by Gasteiger charge is -2.24. The van der Waals surface area contributed by atoms with Gasteiger partial charge in [0.25, 0.3) is 0 Å². The third kappa shape index (κ3) is 2.39. The summed E-state index contributed by atoms with van der Waals surface area (Å²) in [6.45, 7) is 0. The average molecular weight is 287 g/mol. The monoisotopic (exact) mass is 286 g/mol. The van der Waals surface area contributed by atoms with Gasteiger partial charge in [0.05, 0.1) is 16.4 Å². The number of hydrogen-bond acceptors (Lipinski definition) is 2. The van der Waals surface area contributed by atoms with Crippen molar-refractivity contribution in [3.8, 4) is 0 Å². The molecule has 0 amide bonds. The van der Waals surface area contributed by atoms with Crippen LogP contribution in [-0.2, 0) is 0 Å². The van der Waals surface area contributed by atoms with E-state index in [0.717, 1.165) is 22.1 Å². The lowest BCUT2D eigenvalue weighted by molar-refractivity contribution is 1.34. The molecule has 1 aliphatic heterocycles. The molecule has 2 aromatic rings. The number of para-hydroxylation sites is 2. The van der Waals surface area contributed by atoms with Crippen molar-refractivity contribution in [3.05, 3.63) is 53.6 Å². The molecule has 0 saturated carbocycles. The molecule has 0 saturated heterocycles. The number of anilines is 2. The van der Waals surface area contributed by atoms with Gasteiger partial charge in [-0.3, -0.25) is 4.99 Å². The number of benzene rings is 2. The Hall–Kier alpha value is -1.71. The molecule has 0 bridgehead atoms. The van der Waals surface area contributed by atoms with Gasteiger partial charge >= 0.3 is 0 Å². The van der Waals surface area contributed by atoms with E-state index in [4.69, 9.17) is 23.8 Å². The van der Waals surface area contributed by atoms with Crippen LogP contribution in [0.3, 0.4) is 0 Å². The summed E-state index contributed by atoms with van der Waals surface area (Å²) in [5.41, 5.74) is 2.94. The van der Waals surface area contributed by atoms with Crippen LogP contribution in [0.15, 0.2) is 53.5 Å². The van der Waals surface area contributed by atoms with E-state index in [2.05, 4.69) is 4.99 Å². The van der Waals surface area contributed by atoms with Crippen LogP contribution in [0.25, 0.3) is 0 Å². The topological polar surface area (TPSA) is 15.6 Å². The molecule has 0 fully saturated rings. The Balaban J connectivity index is 2.14. The average Bonchev–Trinajstić information content (AvgIpc) is 2.58. The maximum absolute atomic E-state index is 5.94. The molecule has 2 nitrogen and oxygen atoms in total. The van der Waals surface area contributed by atoms with Crippen molar-refractivity contribution in [2.75, 3.05) is 4.90 Å². The maximum Gasteiger partial charge on any atom is 0.0924 e. The minimum atomic E-state index is 0.659. The Bertz CT molecular complexity index is 649. The second kappa shape index (κ2) is 5.11. The van der Waals surface area contributed by atoms with Crippen molar-refractivity contribution in [3.63, 3.8) is 0 Å². The van der Waals surface area contributed by atoms with Crippen molar-refractivity contribution in [2.45, 2.75) is 6.42 Å². The van der Waals surface area contributed by atoms with E-state index in [1.165, 1.54) is 0 Å². The Morgan fingerprint density at radius 3 is 2.58 bits per heavy atom. The molecule has 0 N–H and O–H groups in total. The van der Waals surface area contributed by atoms with Crippen LogP contribution in [0.2, 0.25) is 5.02 Å². The summed E-state index contributed by atoms with van der Waals surface area (Å²) >= 11 is 11.4. The molecule has 0 atom stereocenters. The second-order valence-electron chi connectivity index (χ2n) is 4.21. The molecule has 4 heteroatoms. The molecule has 2 aromatic carbocycles. The van der Waals surface area contributed by atoms with Gasteiger partial charge in [-0.15, -0.1) is 0 Å². The summed E-state index contributed by atoms with van der Waals surface area (Å²) in [6.07, 6.45) is 2.52. The minimum absolute atomic E-state index is 0.659. The van der Waals surface area contributed by atoms with E-state index in [-0.39, 0.29) is 0 Å². The van der Waals surface area contributed by atoms with Gasteiger partial charge in [0.1, 0.15) is 0 Å². The zero-order valence-corrected chi connectivity index (χ0v) is 11.7. The van der Waals surface area contributed by atoms with Gasteiger partial charge in [-0.1, -0.05) is 36.0 Å². The van der Waals surface area contributed by atoms with E-state index in [0.29, 0.717) is 11.4 Å². The maximum atomic E-state index is 5.94. The molecule has 0 aliphatic carbocycles. The second-order valence-corrected chi connectivity index (χ2v) is 5.12.